The number of nitrogens with one attached hydrogen (secondary N) is 1. The Hall–Kier alpha value is -0.910. The van der Waals surface area contributed by atoms with E-state index in [-0.39, 0.29) is 0 Å². The fourth-order valence-corrected chi connectivity index (χ4v) is 1.81. The van der Waals surface area contributed by atoms with Gasteiger partial charge >= 0.3 is 0 Å². The van der Waals surface area contributed by atoms with Gasteiger partial charge in [0.25, 0.3) is 0 Å². The van der Waals surface area contributed by atoms with Crippen LogP contribution in [-0.4, -0.2) is 42.8 Å². The number of hydrogen-bond donors (Lipinski definition) is 1. The van der Waals surface area contributed by atoms with Gasteiger partial charge in [-0.3, -0.25) is 0 Å². The zero-order chi connectivity index (χ0) is 13.9. The Morgan fingerprint density at radius 1 is 1.32 bits per heavy atom. The zero-order valence-electron chi connectivity index (χ0n) is 12.4. The van der Waals surface area contributed by atoms with Crippen molar-refractivity contribution in [2.24, 2.45) is 0 Å². The molecule has 1 N–H and O–H groups in total. The maximum Gasteiger partial charge on any atom is 0.162 e. The van der Waals surface area contributed by atoms with E-state index in [4.69, 9.17) is 9.26 Å². The van der Waals surface area contributed by atoms with Crippen LogP contribution in [0.4, 0.5) is 0 Å². The van der Waals surface area contributed by atoms with E-state index in [1.807, 2.05) is 6.07 Å². The minimum Gasteiger partial charge on any atom is -0.372 e. The summed E-state index contributed by atoms with van der Waals surface area (Å²) in [6, 6.07) is 1.96. The molecule has 0 aliphatic carbocycles. The molecule has 0 spiro atoms. The van der Waals surface area contributed by atoms with Gasteiger partial charge in [-0.25, -0.2) is 0 Å². The second-order valence-corrected chi connectivity index (χ2v) is 4.54. The summed E-state index contributed by atoms with van der Waals surface area (Å²) in [6.45, 7) is 12.6. The molecule has 1 aromatic heterocycles. The van der Waals surface area contributed by atoms with Crippen LogP contribution in [0, 0.1) is 0 Å². The molecule has 5 nitrogen and oxygen atoms in total. The molecule has 0 aliphatic rings. The first-order valence-corrected chi connectivity index (χ1v) is 7.25. The average Bonchev–Trinajstić information content (AvgIpc) is 2.87. The number of nitrogens with zero attached hydrogens (tertiary/aromatic N) is 2. The molecule has 0 unspecified atom stereocenters. The maximum absolute atomic E-state index is 5.60. The van der Waals surface area contributed by atoms with Gasteiger partial charge in [0.15, 0.2) is 5.76 Å². The topological polar surface area (TPSA) is 50.5 Å². The Labute approximate surface area is 116 Å². The summed E-state index contributed by atoms with van der Waals surface area (Å²) >= 11 is 0. The molecule has 110 valence electrons. The number of likely N-dealkylation sites (N-methyl/N-ethyl adjacent to an activating group) is 1. The molecule has 0 amide bonds. The quantitative estimate of drug-likeness (QED) is 0.623. The lowest BCUT2D eigenvalue weighted by Crippen LogP contribution is -2.26. The molecule has 0 saturated heterocycles. The summed E-state index contributed by atoms with van der Waals surface area (Å²) in [5.74, 6) is 0.799. The van der Waals surface area contributed by atoms with Gasteiger partial charge in [-0.2, -0.15) is 0 Å². The van der Waals surface area contributed by atoms with Crippen LogP contribution < -0.4 is 5.32 Å². The molecule has 0 bridgehead atoms. The Bertz CT molecular complexity index is 324. The monoisotopic (exact) mass is 269 g/mol. The highest BCUT2D eigenvalue weighted by molar-refractivity contribution is 5.04. The predicted octanol–water partition coefficient (Wildman–Crippen LogP) is 2.03. The molecule has 0 saturated carbocycles. The van der Waals surface area contributed by atoms with E-state index < -0.39 is 0 Å². The zero-order valence-corrected chi connectivity index (χ0v) is 12.4. The highest BCUT2D eigenvalue weighted by Gasteiger charge is 2.04. The van der Waals surface area contributed by atoms with Gasteiger partial charge in [0.1, 0.15) is 6.61 Å². The minimum absolute atomic E-state index is 0.502. The second kappa shape index (κ2) is 9.95. The number of aromatic nitrogens is 1. The van der Waals surface area contributed by atoms with Crippen LogP contribution >= 0.6 is 0 Å². The largest absolute Gasteiger partial charge is 0.372 e. The van der Waals surface area contributed by atoms with Crippen LogP contribution in [0.25, 0.3) is 0 Å². The highest BCUT2D eigenvalue weighted by atomic mass is 16.5. The van der Waals surface area contributed by atoms with Crippen LogP contribution in [0.5, 0.6) is 0 Å². The van der Waals surface area contributed by atoms with E-state index in [1.54, 1.807) is 0 Å². The SMILES string of the molecule is CCCNCc1cc(COCCN(CC)CC)on1. The van der Waals surface area contributed by atoms with Crippen molar-refractivity contribution in [3.05, 3.63) is 17.5 Å². The van der Waals surface area contributed by atoms with Crippen LogP contribution in [-0.2, 0) is 17.9 Å². The van der Waals surface area contributed by atoms with Gasteiger partial charge in [0.2, 0.25) is 0 Å². The van der Waals surface area contributed by atoms with Crippen molar-refractivity contribution in [2.45, 2.75) is 40.3 Å². The van der Waals surface area contributed by atoms with Crippen molar-refractivity contribution in [3.8, 4) is 0 Å². The Morgan fingerprint density at radius 3 is 2.79 bits per heavy atom. The molecule has 1 rings (SSSR count). The van der Waals surface area contributed by atoms with Crippen molar-refractivity contribution in [3.63, 3.8) is 0 Å². The third-order valence-electron chi connectivity index (χ3n) is 3.03. The summed E-state index contributed by atoms with van der Waals surface area (Å²) < 4.78 is 10.8. The lowest BCUT2D eigenvalue weighted by atomic mass is 10.3. The van der Waals surface area contributed by atoms with E-state index in [1.165, 1.54) is 0 Å². The van der Waals surface area contributed by atoms with Crippen LogP contribution in [0.1, 0.15) is 38.6 Å². The molecule has 0 aromatic carbocycles. The molecule has 0 fully saturated rings. The molecule has 19 heavy (non-hydrogen) atoms. The average molecular weight is 269 g/mol. The second-order valence-electron chi connectivity index (χ2n) is 4.54. The van der Waals surface area contributed by atoms with Crippen molar-refractivity contribution < 1.29 is 9.26 Å². The summed E-state index contributed by atoms with van der Waals surface area (Å²) in [5.41, 5.74) is 0.941. The van der Waals surface area contributed by atoms with E-state index >= 15 is 0 Å². The first-order valence-electron chi connectivity index (χ1n) is 7.25. The first-order chi connectivity index (χ1) is 9.30. The molecule has 0 aliphatic heterocycles. The van der Waals surface area contributed by atoms with Gasteiger partial charge in [0, 0.05) is 19.2 Å². The van der Waals surface area contributed by atoms with Gasteiger partial charge in [-0.05, 0) is 26.1 Å². The summed E-state index contributed by atoms with van der Waals surface area (Å²) in [5, 5.41) is 7.30. The minimum atomic E-state index is 0.502. The lowest BCUT2D eigenvalue weighted by Gasteiger charge is -2.17. The van der Waals surface area contributed by atoms with Gasteiger partial charge in [0.05, 0.1) is 12.3 Å². The number of hydrogen-bond acceptors (Lipinski definition) is 5. The van der Waals surface area contributed by atoms with Crippen LogP contribution in [0.2, 0.25) is 0 Å². The lowest BCUT2D eigenvalue weighted by molar-refractivity contribution is 0.0807. The van der Waals surface area contributed by atoms with Crippen molar-refractivity contribution >= 4 is 0 Å². The Kier molecular flexibility index (Phi) is 8.45. The smallest absolute Gasteiger partial charge is 0.162 e. The third-order valence-corrected chi connectivity index (χ3v) is 3.03. The molecule has 1 heterocycles. The molecule has 0 radical (unpaired) electrons. The van der Waals surface area contributed by atoms with Crippen molar-refractivity contribution in [2.75, 3.05) is 32.8 Å². The third kappa shape index (κ3) is 6.71. The van der Waals surface area contributed by atoms with Crippen molar-refractivity contribution in [1.29, 1.82) is 0 Å². The normalized spacial score (nSPS) is 11.4. The van der Waals surface area contributed by atoms with Gasteiger partial charge in [-0.15, -0.1) is 0 Å². The van der Waals surface area contributed by atoms with Crippen LogP contribution in [0.3, 0.4) is 0 Å². The fourth-order valence-electron chi connectivity index (χ4n) is 1.81. The first kappa shape index (κ1) is 16.1. The number of rotatable bonds is 11. The van der Waals surface area contributed by atoms with E-state index in [2.05, 4.69) is 36.1 Å². The summed E-state index contributed by atoms with van der Waals surface area (Å²) in [6.07, 6.45) is 1.12. The highest BCUT2D eigenvalue weighted by Crippen LogP contribution is 2.05. The Balaban J connectivity index is 2.15. The Morgan fingerprint density at radius 2 is 2.11 bits per heavy atom. The van der Waals surface area contributed by atoms with E-state index in [0.717, 1.165) is 57.2 Å². The van der Waals surface area contributed by atoms with Gasteiger partial charge in [-0.1, -0.05) is 25.9 Å². The van der Waals surface area contributed by atoms with E-state index in [9.17, 15) is 0 Å². The maximum atomic E-state index is 5.60. The molecule has 5 heteroatoms. The predicted molar refractivity (Wildman–Crippen MR) is 75.9 cm³/mol. The summed E-state index contributed by atoms with van der Waals surface area (Å²) in [7, 11) is 0. The number of ether oxygens (including phenoxy) is 1. The summed E-state index contributed by atoms with van der Waals surface area (Å²) in [4.78, 5) is 2.33. The molecule has 0 atom stereocenters. The van der Waals surface area contributed by atoms with E-state index in [0.29, 0.717) is 6.61 Å². The van der Waals surface area contributed by atoms with Gasteiger partial charge < -0.3 is 19.5 Å². The fraction of sp³-hybridized carbons (Fsp3) is 0.786. The van der Waals surface area contributed by atoms with Crippen molar-refractivity contribution in [1.82, 2.24) is 15.4 Å². The standard InChI is InChI=1S/C14H27N3O2/c1-4-7-15-11-13-10-14(19-16-13)12-18-9-8-17(5-2)6-3/h10,15H,4-9,11-12H2,1-3H3. The molecule has 1 aromatic rings. The molecular weight excluding hydrogens is 242 g/mol. The molecular formula is C14H27N3O2. The van der Waals surface area contributed by atoms with Crippen LogP contribution in [0.15, 0.2) is 10.6 Å².